The molecule has 20 heavy (non-hydrogen) atoms. The van der Waals surface area contributed by atoms with Crippen LogP contribution in [-0.4, -0.2) is 45.9 Å². The zero-order chi connectivity index (χ0) is 14.5. The van der Waals surface area contributed by atoms with Gasteiger partial charge < -0.3 is 15.5 Å². The van der Waals surface area contributed by atoms with E-state index in [0.29, 0.717) is 13.1 Å². The molecule has 1 saturated heterocycles. The van der Waals surface area contributed by atoms with E-state index < -0.39 is 5.54 Å². The van der Waals surface area contributed by atoms with Crippen molar-refractivity contribution in [3.05, 3.63) is 17.3 Å². The Morgan fingerprint density at radius 1 is 1.45 bits per heavy atom. The number of aromatic nitrogens is 2. The molecule has 3 rings (SSSR count). The van der Waals surface area contributed by atoms with Crippen LogP contribution < -0.4 is 10.6 Å². The van der Waals surface area contributed by atoms with E-state index in [-0.39, 0.29) is 5.91 Å². The van der Waals surface area contributed by atoms with Gasteiger partial charge in [-0.1, -0.05) is 0 Å². The van der Waals surface area contributed by atoms with Crippen LogP contribution in [0.3, 0.4) is 0 Å². The van der Waals surface area contributed by atoms with Crippen molar-refractivity contribution in [2.45, 2.75) is 25.9 Å². The molecule has 6 nitrogen and oxygen atoms in total. The highest BCUT2D eigenvalue weighted by atomic mass is 32.1. The summed E-state index contributed by atoms with van der Waals surface area (Å²) in [6, 6.07) is 0. The second-order valence-electron chi connectivity index (χ2n) is 5.58. The fourth-order valence-corrected chi connectivity index (χ4v) is 3.54. The van der Waals surface area contributed by atoms with E-state index in [0.717, 1.165) is 23.0 Å². The molecule has 1 aliphatic rings. The minimum Gasteiger partial charge on any atom is -0.342 e. The van der Waals surface area contributed by atoms with E-state index in [2.05, 4.69) is 9.88 Å². The molecular formula is C13H19N5OS. The number of hydrogen-bond donors (Lipinski definition) is 1. The lowest BCUT2D eigenvalue weighted by Crippen LogP contribution is -2.62. The molecule has 1 aliphatic heterocycles. The number of carbonyl (C=O) groups excluding carboxylic acids is 1. The summed E-state index contributed by atoms with van der Waals surface area (Å²) in [6.07, 6.45) is 1.98. The van der Waals surface area contributed by atoms with Crippen molar-refractivity contribution in [2.24, 2.45) is 5.73 Å². The highest BCUT2D eigenvalue weighted by molar-refractivity contribution is 7.15. The molecule has 0 aliphatic carbocycles. The van der Waals surface area contributed by atoms with Gasteiger partial charge in [-0.25, -0.2) is 4.98 Å². The predicted molar refractivity (Wildman–Crippen MR) is 80.0 cm³/mol. The first-order chi connectivity index (χ1) is 9.46. The number of nitrogens with two attached hydrogens (primary N) is 1. The highest BCUT2D eigenvalue weighted by Crippen LogP contribution is 2.32. The third-order valence-corrected chi connectivity index (χ3v) is 4.75. The van der Waals surface area contributed by atoms with E-state index in [9.17, 15) is 4.79 Å². The zero-order valence-electron chi connectivity index (χ0n) is 12.0. The number of anilines is 1. The lowest BCUT2D eigenvalue weighted by Gasteiger charge is -2.45. The number of rotatable bonds is 2. The van der Waals surface area contributed by atoms with Crippen molar-refractivity contribution < 1.29 is 4.79 Å². The Labute approximate surface area is 121 Å². The molecule has 3 heterocycles. The van der Waals surface area contributed by atoms with Crippen LogP contribution in [0, 0.1) is 0 Å². The average molecular weight is 293 g/mol. The van der Waals surface area contributed by atoms with Crippen molar-refractivity contribution in [3.63, 3.8) is 0 Å². The molecule has 1 fully saturated rings. The fourth-order valence-electron chi connectivity index (χ4n) is 2.81. The van der Waals surface area contributed by atoms with Gasteiger partial charge in [0, 0.05) is 38.3 Å². The third-order valence-electron chi connectivity index (χ3n) is 3.99. The summed E-state index contributed by atoms with van der Waals surface area (Å²) >= 11 is 1.58. The maximum atomic E-state index is 12.4. The van der Waals surface area contributed by atoms with E-state index in [1.807, 2.05) is 36.9 Å². The van der Waals surface area contributed by atoms with Gasteiger partial charge in [0.25, 0.3) is 0 Å². The van der Waals surface area contributed by atoms with Crippen molar-refractivity contribution in [3.8, 4) is 0 Å². The van der Waals surface area contributed by atoms with Gasteiger partial charge >= 0.3 is 0 Å². The van der Waals surface area contributed by atoms with Gasteiger partial charge in [0.2, 0.25) is 5.91 Å². The zero-order valence-corrected chi connectivity index (χ0v) is 12.8. The molecule has 7 heteroatoms. The smallest absolute Gasteiger partial charge is 0.247 e. The molecule has 108 valence electrons. The number of likely N-dealkylation sites (N-methyl/N-ethyl adjacent to an activating group) is 1. The lowest BCUT2D eigenvalue weighted by atomic mass is 9.97. The summed E-state index contributed by atoms with van der Waals surface area (Å²) < 4.78 is 2.01. The normalized spacial score (nSPS) is 19.1. The van der Waals surface area contributed by atoms with Crippen LogP contribution in [0.4, 0.5) is 5.82 Å². The van der Waals surface area contributed by atoms with Crippen molar-refractivity contribution in [1.82, 2.24) is 14.3 Å². The van der Waals surface area contributed by atoms with Gasteiger partial charge in [-0.3, -0.25) is 9.20 Å². The first kappa shape index (κ1) is 13.4. The van der Waals surface area contributed by atoms with Crippen molar-refractivity contribution >= 4 is 28.0 Å². The molecule has 2 aromatic heterocycles. The molecule has 0 spiro atoms. The number of hydrogen-bond acceptors (Lipinski definition) is 5. The standard InChI is InChI=1S/C13H19N5OS/c1-13(2)11(19)16(3)4-5-18(13)10-9(8-14)17-6-7-20-12(17)15-10/h6-7H,4-5,8,14H2,1-3H3. The average Bonchev–Trinajstić information content (AvgIpc) is 2.96. The van der Waals surface area contributed by atoms with Gasteiger partial charge in [-0.2, -0.15) is 0 Å². The summed E-state index contributed by atoms with van der Waals surface area (Å²) in [6.45, 7) is 5.77. The Morgan fingerprint density at radius 2 is 2.20 bits per heavy atom. The summed E-state index contributed by atoms with van der Waals surface area (Å²) in [5, 5.41) is 1.99. The van der Waals surface area contributed by atoms with E-state index in [1.54, 1.807) is 16.2 Å². The second kappa shape index (κ2) is 4.46. The first-order valence-corrected chi connectivity index (χ1v) is 7.52. The minimum atomic E-state index is -0.596. The molecular weight excluding hydrogens is 274 g/mol. The van der Waals surface area contributed by atoms with Gasteiger partial charge in [-0.05, 0) is 13.8 Å². The molecule has 1 amide bonds. The second-order valence-corrected chi connectivity index (χ2v) is 6.45. The molecule has 0 radical (unpaired) electrons. The largest absolute Gasteiger partial charge is 0.342 e. The summed E-state index contributed by atoms with van der Waals surface area (Å²) in [7, 11) is 1.84. The Morgan fingerprint density at radius 3 is 2.90 bits per heavy atom. The molecule has 0 aromatic carbocycles. The monoisotopic (exact) mass is 293 g/mol. The molecule has 0 saturated carbocycles. The molecule has 2 N–H and O–H groups in total. The maximum absolute atomic E-state index is 12.4. The Bertz CT molecular complexity index is 659. The minimum absolute atomic E-state index is 0.114. The van der Waals surface area contributed by atoms with E-state index in [4.69, 9.17) is 5.73 Å². The number of fused-ring (bicyclic) bond motifs is 1. The number of thiazole rings is 1. The number of piperazine rings is 1. The van der Waals surface area contributed by atoms with Gasteiger partial charge in [0.05, 0.1) is 5.69 Å². The number of nitrogens with zero attached hydrogens (tertiary/aromatic N) is 4. The lowest BCUT2D eigenvalue weighted by molar-refractivity contribution is -0.136. The van der Waals surface area contributed by atoms with Gasteiger partial charge in [0.1, 0.15) is 5.54 Å². The van der Waals surface area contributed by atoms with Crippen LogP contribution in [0.25, 0.3) is 4.96 Å². The van der Waals surface area contributed by atoms with Gasteiger partial charge in [0.15, 0.2) is 10.8 Å². The van der Waals surface area contributed by atoms with Crippen LogP contribution >= 0.6 is 11.3 Å². The predicted octanol–water partition coefficient (Wildman–Crippen LogP) is 0.911. The molecule has 2 aromatic rings. The SMILES string of the molecule is CN1CCN(c2nc3sccn3c2CN)C(C)(C)C1=O. The van der Waals surface area contributed by atoms with Crippen LogP contribution in [0.5, 0.6) is 0 Å². The Hall–Kier alpha value is -1.60. The van der Waals surface area contributed by atoms with Crippen molar-refractivity contribution in [2.75, 3.05) is 25.0 Å². The van der Waals surface area contributed by atoms with E-state index >= 15 is 0 Å². The fraction of sp³-hybridized carbons (Fsp3) is 0.538. The molecule has 0 bridgehead atoms. The molecule has 0 unspecified atom stereocenters. The summed E-state index contributed by atoms with van der Waals surface area (Å²) in [4.78, 5) is 21.9. The van der Waals surface area contributed by atoms with Crippen LogP contribution in [0.1, 0.15) is 19.5 Å². The summed E-state index contributed by atoms with van der Waals surface area (Å²) in [5.74, 6) is 0.953. The Balaban J connectivity index is 2.10. The maximum Gasteiger partial charge on any atom is 0.247 e. The first-order valence-electron chi connectivity index (χ1n) is 6.64. The quantitative estimate of drug-likeness (QED) is 0.894. The highest BCUT2D eigenvalue weighted by Gasteiger charge is 2.42. The number of amides is 1. The number of imidazole rings is 1. The van der Waals surface area contributed by atoms with Crippen LogP contribution in [0.15, 0.2) is 11.6 Å². The number of carbonyl (C=O) groups is 1. The van der Waals surface area contributed by atoms with Crippen molar-refractivity contribution in [1.29, 1.82) is 0 Å². The third kappa shape index (κ3) is 1.73. The van der Waals surface area contributed by atoms with Crippen LogP contribution in [-0.2, 0) is 11.3 Å². The Kier molecular flexibility index (Phi) is 2.98. The molecule has 0 atom stereocenters. The van der Waals surface area contributed by atoms with E-state index in [1.165, 1.54) is 0 Å². The topological polar surface area (TPSA) is 66.9 Å². The van der Waals surface area contributed by atoms with Gasteiger partial charge in [-0.15, -0.1) is 11.3 Å². The van der Waals surface area contributed by atoms with Crippen LogP contribution in [0.2, 0.25) is 0 Å². The summed E-state index contributed by atoms with van der Waals surface area (Å²) in [5.41, 5.74) is 6.27.